The summed E-state index contributed by atoms with van der Waals surface area (Å²) in [5.41, 5.74) is 5.18. The smallest absolute Gasteiger partial charge is 0.239 e. The van der Waals surface area contributed by atoms with E-state index < -0.39 is 17.5 Å². The van der Waals surface area contributed by atoms with Crippen molar-refractivity contribution in [1.29, 1.82) is 0 Å². The summed E-state index contributed by atoms with van der Waals surface area (Å²) in [4.78, 5) is 14.7. The number of pyridine rings is 1. The molecule has 100 valence electrons. The van der Waals surface area contributed by atoms with Gasteiger partial charge >= 0.3 is 0 Å². The highest BCUT2D eigenvalue weighted by Crippen LogP contribution is 2.15. The summed E-state index contributed by atoms with van der Waals surface area (Å²) in [6.45, 7) is 0.527. The Kier molecular flexibility index (Phi) is 5.25. The molecule has 0 saturated carbocycles. The lowest BCUT2D eigenvalue weighted by atomic mass is 10.4. The van der Waals surface area contributed by atoms with Gasteiger partial charge in [0, 0.05) is 19.7 Å². The SMILES string of the molecule is COCCNC(=O)CNc1nc(N)c(F)cc1F. The van der Waals surface area contributed by atoms with Crippen LogP contribution < -0.4 is 16.4 Å². The van der Waals surface area contributed by atoms with Crippen LogP contribution in [0.15, 0.2) is 6.07 Å². The number of nitrogens with zero attached hydrogens (tertiary/aromatic N) is 1. The number of nitrogens with two attached hydrogens (primary N) is 1. The molecule has 0 aliphatic heterocycles. The van der Waals surface area contributed by atoms with Gasteiger partial charge in [0.15, 0.2) is 23.3 Å². The van der Waals surface area contributed by atoms with Gasteiger partial charge in [0.25, 0.3) is 0 Å². The summed E-state index contributed by atoms with van der Waals surface area (Å²) in [5.74, 6) is -2.92. The van der Waals surface area contributed by atoms with Gasteiger partial charge in [-0.15, -0.1) is 0 Å². The highest BCUT2D eigenvalue weighted by atomic mass is 19.1. The van der Waals surface area contributed by atoms with Crippen molar-refractivity contribution in [3.63, 3.8) is 0 Å². The molecule has 0 atom stereocenters. The van der Waals surface area contributed by atoms with Gasteiger partial charge in [-0.3, -0.25) is 4.79 Å². The van der Waals surface area contributed by atoms with Gasteiger partial charge in [-0.25, -0.2) is 13.8 Å². The fraction of sp³-hybridized carbons (Fsp3) is 0.400. The first-order valence-corrected chi connectivity index (χ1v) is 5.15. The molecule has 18 heavy (non-hydrogen) atoms. The molecule has 0 spiro atoms. The molecule has 1 aromatic rings. The highest BCUT2D eigenvalue weighted by Gasteiger charge is 2.10. The van der Waals surface area contributed by atoms with E-state index in [1.165, 1.54) is 7.11 Å². The number of carbonyl (C=O) groups excluding carboxylic acids is 1. The van der Waals surface area contributed by atoms with Crippen molar-refractivity contribution in [2.45, 2.75) is 0 Å². The van der Waals surface area contributed by atoms with E-state index >= 15 is 0 Å². The monoisotopic (exact) mass is 260 g/mol. The molecule has 0 aliphatic rings. The Hall–Kier alpha value is -1.96. The predicted octanol–water partition coefficient (Wildman–Crippen LogP) is 0.116. The van der Waals surface area contributed by atoms with Crippen molar-refractivity contribution in [2.24, 2.45) is 0 Å². The Morgan fingerprint density at radius 3 is 2.89 bits per heavy atom. The second-order valence-corrected chi connectivity index (χ2v) is 3.38. The molecular weight excluding hydrogens is 246 g/mol. The predicted molar refractivity (Wildman–Crippen MR) is 61.9 cm³/mol. The molecule has 1 aromatic heterocycles. The average Bonchev–Trinajstić information content (AvgIpc) is 2.32. The Bertz CT molecular complexity index is 429. The first-order valence-electron chi connectivity index (χ1n) is 5.15. The maximum Gasteiger partial charge on any atom is 0.239 e. The molecule has 0 fully saturated rings. The highest BCUT2D eigenvalue weighted by molar-refractivity contribution is 5.80. The van der Waals surface area contributed by atoms with E-state index in [1.807, 2.05) is 0 Å². The van der Waals surface area contributed by atoms with Gasteiger partial charge < -0.3 is 21.1 Å². The fourth-order valence-electron chi connectivity index (χ4n) is 1.12. The van der Waals surface area contributed by atoms with Crippen LogP contribution in [0.3, 0.4) is 0 Å². The van der Waals surface area contributed by atoms with E-state index in [1.54, 1.807) is 0 Å². The molecule has 0 aliphatic carbocycles. The molecule has 6 nitrogen and oxygen atoms in total. The third-order valence-corrected chi connectivity index (χ3v) is 2.00. The molecular formula is C10H14F2N4O2. The van der Waals surface area contributed by atoms with Gasteiger partial charge in [0.05, 0.1) is 13.2 Å². The molecule has 1 heterocycles. The second-order valence-electron chi connectivity index (χ2n) is 3.38. The average molecular weight is 260 g/mol. The summed E-state index contributed by atoms with van der Waals surface area (Å²) < 4.78 is 30.8. The minimum absolute atomic E-state index is 0.196. The molecule has 1 rings (SSSR count). The minimum atomic E-state index is -0.942. The van der Waals surface area contributed by atoms with E-state index in [0.717, 1.165) is 0 Å². The van der Waals surface area contributed by atoms with E-state index in [4.69, 9.17) is 10.5 Å². The lowest BCUT2D eigenvalue weighted by Crippen LogP contribution is -2.32. The molecule has 0 unspecified atom stereocenters. The van der Waals surface area contributed by atoms with Crippen molar-refractivity contribution >= 4 is 17.5 Å². The summed E-state index contributed by atoms with van der Waals surface area (Å²) >= 11 is 0. The van der Waals surface area contributed by atoms with Crippen molar-refractivity contribution < 1.29 is 18.3 Å². The van der Waals surface area contributed by atoms with E-state index in [2.05, 4.69) is 15.6 Å². The number of halogens is 2. The van der Waals surface area contributed by atoms with Crippen LogP contribution in [0, 0.1) is 11.6 Å². The Balaban J connectivity index is 2.48. The largest absolute Gasteiger partial charge is 0.383 e. The third-order valence-electron chi connectivity index (χ3n) is 2.00. The van der Waals surface area contributed by atoms with E-state index in [0.29, 0.717) is 19.2 Å². The number of anilines is 2. The molecule has 0 aromatic carbocycles. The number of nitrogen functional groups attached to an aromatic ring is 1. The van der Waals surface area contributed by atoms with Gasteiger partial charge in [-0.2, -0.15) is 0 Å². The summed E-state index contributed by atoms with van der Waals surface area (Å²) in [6.07, 6.45) is 0. The Morgan fingerprint density at radius 1 is 1.50 bits per heavy atom. The maximum absolute atomic E-state index is 13.2. The third kappa shape index (κ3) is 4.13. The lowest BCUT2D eigenvalue weighted by Gasteiger charge is -2.08. The number of hydrogen-bond acceptors (Lipinski definition) is 5. The number of nitrogens with one attached hydrogen (secondary N) is 2. The summed E-state index contributed by atoms with van der Waals surface area (Å²) in [6, 6.07) is 0.605. The molecule has 1 amide bonds. The number of amides is 1. The van der Waals surface area contributed by atoms with Crippen molar-refractivity contribution in [1.82, 2.24) is 10.3 Å². The van der Waals surface area contributed by atoms with Crippen molar-refractivity contribution in [2.75, 3.05) is 37.9 Å². The van der Waals surface area contributed by atoms with Crippen LogP contribution >= 0.6 is 0 Å². The molecule has 4 N–H and O–H groups in total. The second kappa shape index (κ2) is 6.70. The number of hydrogen-bond donors (Lipinski definition) is 3. The zero-order valence-corrected chi connectivity index (χ0v) is 9.80. The number of aromatic nitrogens is 1. The zero-order chi connectivity index (χ0) is 13.5. The van der Waals surface area contributed by atoms with E-state index in [9.17, 15) is 13.6 Å². The van der Waals surface area contributed by atoms with Gasteiger partial charge in [0.1, 0.15) is 0 Å². The fourth-order valence-corrected chi connectivity index (χ4v) is 1.12. The van der Waals surface area contributed by atoms with Crippen LogP contribution in [0.25, 0.3) is 0 Å². The Morgan fingerprint density at radius 2 is 2.22 bits per heavy atom. The van der Waals surface area contributed by atoms with Crippen LogP contribution in [0.1, 0.15) is 0 Å². The van der Waals surface area contributed by atoms with E-state index in [-0.39, 0.29) is 18.3 Å². The number of rotatable bonds is 6. The number of carbonyl (C=O) groups is 1. The zero-order valence-electron chi connectivity index (χ0n) is 9.80. The quantitative estimate of drug-likeness (QED) is 0.632. The summed E-state index contributed by atoms with van der Waals surface area (Å²) in [5, 5.41) is 4.94. The number of ether oxygens (including phenoxy) is 1. The van der Waals surface area contributed by atoms with Gasteiger partial charge in [0.2, 0.25) is 5.91 Å². The van der Waals surface area contributed by atoms with Gasteiger partial charge in [-0.05, 0) is 0 Å². The standard InChI is InChI=1S/C10H14F2N4O2/c1-18-3-2-14-8(17)5-15-10-7(12)4-6(11)9(13)16-10/h4H,2-3,5H2,1H3,(H,14,17)(H3,13,15,16). The maximum atomic E-state index is 13.2. The topological polar surface area (TPSA) is 89.3 Å². The first-order chi connectivity index (χ1) is 8.54. The van der Waals surface area contributed by atoms with Crippen molar-refractivity contribution in [3.8, 4) is 0 Å². The molecule has 0 bridgehead atoms. The van der Waals surface area contributed by atoms with Gasteiger partial charge in [-0.1, -0.05) is 0 Å². The molecule has 0 radical (unpaired) electrons. The molecule has 0 saturated heterocycles. The van der Waals surface area contributed by atoms with Crippen LogP contribution in [-0.4, -0.2) is 37.7 Å². The van der Waals surface area contributed by atoms with Crippen LogP contribution in [0.5, 0.6) is 0 Å². The van der Waals surface area contributed by atoms with Crippen molar-refractivity contribution in [3.05, 3.63) is 17.7 Å². The minimum Gasteiger partial charge on any atom is -0.383 e. The van der Waals surface area contributed by atoms with Crippen LogP contribution in [-0.2, 0) is 9.53 Å². The Labute approximate surface area is 103 Å². The van der Waals surface area contributed by atoms with Crippen LogP contribution in [0.4, 0.5) is 20.4 Å². The molecule has 8 heteroatoms. The summed E-state index contributed by atoms with van der Waals surface area (Å²) in [7, 11) is 1.50. The van der Waals surface area contributed by atoms with Crippen LogP contribution in [0.2, 0.25) is 0 Å². The number of methoxy groups -OCH3 is 1. The first kappa shape index (κ1) is 14.1. The normalized spacial score (nSPS) is 10.2. The lowest BCUT2D eigenvalue weighted by molar-refractivity contribution is -0.119.